The van der Waals surface area contributed by atoms with E-state index in [1.54, 1.807) is 19.2 Å². The van der Waals surface area contributed by atoms with E-state index in [9.17, 15) is 0 Å². The Morgan fingerprint density at radius 2 is 2.15 bits per heavy atom. The zero-order chi connectivity index (χ0) is 14.5. The Balaban J connectivity index is 1.99. The van der Waals surface area contributed by atoms with Gasteiger partial charge in [0.25, 0.3) is 5.89 Å². The topological polar surface area (TPSA) is 74.2 Å². The molecule has 3 rings (SSSR count). The van der Waals surface area contributed by atoms with Crippen LogP contribution in [-0.2, 0) is 0 Å². The van der Waals surface area contributed by atoms with Crippen LogP contribution in [0.25, 0.3) is 11.5 Å². The van der Waals surface area contributed by atoms with Gasteiger partial charge in [0.2, 0.25) is 0 Å². The van der Waals surface area contributed by atoms with Crippen molar-refractivity contribution in [3.8, 4) is 17.2 Å². The summed E-state index contributed by atoms with van der Waals surface area (Å²) in [6, 6.07) is 3.34. The normalized spacial score (nSPS) is 19.9. The molecule has 6 heteroatoms. The van der Waals surface area contributed by atoms with E-state index in [1.807, 2.05) is 0 Å². The van der Waals surface area contributed by atoms with Crippen molar-refractivity contribution in [2.75, 3.05) is 12.8 Å². The summed E-state index contributed by atoms with van der Waals surface area (Å²) in [5.74, 6) is 2.06. The highest BCUT2D eigenvalue weighted by atomic mass is 35.5. The Labute approximate surface area is 122 Å². The smallest absolute Gasteiger partial charge is 0.261 e. The van der Waals surface area contributed by atoms with Gasteiger partial charge in [-0.05, 0) is 17.9 Å². The van der Waals surface area contributed by atoms with Gasteiger partial charge in [0.05, 0.1) is 23.4 Å². The van der Waals surface area contributed by atoms with Gasteiger partial charge in [-0.25, -0.2) is 0 Å². The quantitative estimate of drug-likeness (QED) is 0.877. The lowest BCUT2D eigenvalue weighted by Crippen LogP contribution is -1.94. The number of nitrogens with two attached hydrogens (primary N) is 1. The Hall–Kier alpha value is -1.75. The second-order valence-electron chi connectivity index (χ2n) is 5.78. The van der Waals surface area contributed by atoms with Crippen molar-refractivity contribution < 1.29 is 9.26 Å². The number of nitrogen functional groups attached to an aromatic ring is 1. The summed E-state index contributed by atoms with van der Waals surface area (Å²) >= 11 is 6.05. The third kappa shape index (κ3) is 2.12. The van der Waals surface area contributed by atoms with Gasteiger partial charge in [0.15, 0.2) is 5.82 Å². The number of aromatic nitrogens is 2. The van der Waals surface area contributed by atoms with Gasteiger partial charge in [0.1, 0.15) is 5.75 Å². The second-order valence-corrected chi connectivity index (χ2v) is 6.18. The zero-order valence-corrected chi connectivity index (χ0v) is 12.4. The molecular weight excluding hydrogens is 278 g/mol. The van der Waals surface area contributed by atoms with Gasteiger partial charge in [-0.1, -0.05) is 30.6 Å². The van der Waals surface area contributed by atoms with E-state index < -0.39 is 0 Å². The fraction of sp³-hybridized carbons (Fsp3) is 0.429. The third-order valence-corrected chi connectivity index (χ3v) is 4.14. The van der Waals surface area contributed by atoms with Crippen LogP contribution in [0.2, 0.25) is 5.02 Å². The summed E-state index contributed by atoms with van der Waals surface area (Å²) < 4.78 is 10.6. The van der Waals surface area contributed by atoms with Crippen molar-refractivity contribution in [3.63, 3.8) is 0 Å². The summed E-state index contributed by atoms with van der Waals surface area (Å²) in [5, 5.41) is 4.50. The molecule has 1 heterocycles. The standard InChI is InChI=1S/C14H16ClN3O2/c1-14(2)6-8(14)12-17-13(20-18-12)7-4-9(15)10(16)5-11(7)19-3/h4-5,8H,6,16H2,1-3H3. The lowest BCUT2D eigenvalue weighted by molar-refractivity contribution is 0.402. The summed E-state index contributed by atoms with van der Waals surface area (Å²) in [7, 11) is 1.56. The minimum absolute atomic E-state index is 0.254. The molecule has 1 unspecified atom stereocenters. The van der Waals surface area contributed by atoms with E-state index in [4.69, 9.17) is 26.6 Å². The first-order valence-electron chi connectivity index (χ1n) is 6.39. The van der Waals surface area contributed by atoms with Gasteiger partial charge in [0, 0.05) is 12.0 Å². The van der Waals surface area contributed by atoms with Crippen molar-refractivity contribution in [1.29, 1.82) is 0 Å². The fourth-order valence-electron chi connectivity index (χ4n) is 2.30. The molecule has 1 atom stereocenters. The van der Waals surface area contributed by atoms with Crippen molar-refractivity contribution in [1.82, 2.24) is 10.1 Å². The Morgan fingerprint density at radius 3 is 2.75 bits per heavy atom. The number of hydrogen-bond acceptors (Lipinski definition) is 5. The minimum atomic E-state index is 0.254. The number of benzene rings is 1. The first-order valence-corrected chi connectivity index (χ1v) is 6.77. The van der Waals surface area contributed by atoms with Crippen LogP contribution in [0.3, 0.4) is 0 Å². The predicted octanol–water partition coefficient (Wildman–Crippen LogP) is 3.49. The van der Waals surface area contributed by atoms with Crippen molar-refractivity contribution in [2.24, 2.45) is 5.41 Å². The maximum Gasteiger partial charge on any atom is 0.261 e. The fourth-order valence-corrected chi connectivity index (χ4v) is 2.46. The Bertz CT molecular complexity index is 666. The number of methoxy groups -OCH3 is 1. The molecule has 0 bridgehead atoms. The summed E-state index contributed by atoms with van der Waals surface area (Å²) in [6.45, 7) is 4.38. The molecule has 1 aromatic carbocycles. The van der Waals surface area contributed by atoms with E-state index in [0.29, 0.717) is 33.8 Å². The lowest BCUT2D eigenvalue weighted by Gasteiger charge is -2.07. The first-order chi connectivity index (χ1) is 9.42. The monoisotopic (exact) mass is 293 g/mol. The van der Waals surface area contributed by atoms with E-state index in [2.05, 4.69) is 24.0 Å². The molecule has 2 N–H and O–H groups in total. The SMILES string of the molecule is COc1cc(N)c(Cl)cc1-c1nc(C2CC2(C)C)no1. The van der Waals surface area contributed by atoms with Gasteiger partial charge in [-0.3, -0.25) is 0 Å². The molecular formula is C14H16ClN3O2. The van der Waals surface area contributed by atoms with Crippen LogP contribution < -0.4 is 10.5 Å². The largest absolute Gasteiger partial charge is 0.496 e. The maximum absolute atomic E-state index is 6.05. The molecule has 5 nitrogen and oxygen atoms in total. The number of nitrogens with zero attached hydrogens (tertiary/aromatic N) is 2. The van der Waals surface area contributed by atoms with Crippen molar-refractivity contribution in [2.45, 2.75) is 26.2 Å². The van der Waals surface area contributed by atoms with Crippen molar-refractivity contribution in [3.05, 3.63) is 23.0 Å². The third-order valence-electron chi connectivity index (χ3n) is 3.82. The summed E-state index contributed by atoms with van der Waals surface area (Å²) in [6.07, 6.45) is 1.08. The van der Waals surface area contributed by atoms with Gasteiger partial charge in [-0.2, -0.15) is 4.98 Å². The van der Waals surface area contributed by atoms with Crippen molar-refractivity contribution >= 4 is 17.3 Å². The molecule has 0 spiro atoms. The molecule has 1 saturated carbocycles. The minimum Gasteiger partial charge on any atom is -0.496 e. The lowest BCUT2D eigenvalue weighted by atomic mass is 10.1. The molecule has 1 fully saturated rings. The van der Waals surface area contributed by atoms with E-state index in [-0.39, 0.29) is 5.41 Å². The molecule has 20 heavy (non-hydrogen) atoms. The van der Waals surface area contributed by atoms with Gasteiger partial charge < -0.3 is 15.0 Å². The maximum atomic E-state index is 6.05. The van der Waals surface area contributed by atoms with E-state index in [0.717, 1.165) is 12.2 Å². The summed E-state index contributed by atoms with van der Waals surface area (Å²) in [5.41, 5.74) is 7.13. The molecule has 0 radical (unpaired) electrons. The molecule has 1 aliphatic carbocycles. The number of halogens is 1. The first kappa shape index (κ1) is 13.2. The molecule has 2 aromatic rings. The average molecular weight is 294 g/mol. The van der Waals surface area contributed by atoms with Crippen LogP contribution in [0.15, 0.2) is 16.7 Å². The molecule has 0 amide bonds. The van der Waals surface area contributed by atoms with E-state index in [1.165, 1.54) is 0 Å². The predicted molar refractivity (Wildman–Crippen MR) is 76.8 cm³/mol. The highest BCUT2D eigenvalue weighted by molar-refractivity contribution is 6.33. The molecule has 0 saturated heterocycles. The number of ether oxygens (including phenoxy) is 1. The van der Waals surface area contributed by atoms with Crippen LogP contribution in [0.5, 0.6) is 5.75 Å². The zero-order valence-electron chi connectivity index (χ0n) is 11.6. The van der Waals surface area contributed by atoms with Crippen LogP contribution in [0.1, 0.15) is 32.0 Å². The van der Waals surface area contributed by atoms with Crippen LogP contribution in [0, 0.1) is 5.41 Å². The molecule has 1 aromatic heterocycles. The van der Waals surface area contributed by atoms with Gasteiger partial charge >= 0.3 is 0 Å². The van der Waals surface area contributed by atoms with E-state index >= 15 is 0 Å². The molecule has 1 aliphatic rings. The highest BCUT2D eigenvalue weighted by Crippen LogP contribution is 2.57. The van der Waals surface area contributed by atoms with Gasteiger partial charge in [-0.15, -0.1) is 0 Å². The molecule has 0 aliphatic heterocycles. The second kappa shape index (κ2) is 4.38. The average Bonchev–Trinajstić information content (AvgIpc) is 2.85. The van der Waals surface area contributed by atoms with Crippen LogP contribution >= 0.6 is 11.6 Å². The Morgan fingerprint density at radius 1 is 1.45 bits per heavy atom. The summed E-state index contributed by atoms with van der Waals surface area (Å²) in [4.78, 5) is 4.46. The number of hydrogen-bond donors (Lipinski definition) is 1. The number of anilines is 1. The number of rotatable bonds is 3. The Kier molecular flexibility index (Phi) is 2.90. The highest BCUT2D eigenvalue weighted by Gasteiger charge is 2.49. The molecule has 106 valence electrons. The van der Waals surface area contributed by atoms with Crippen LogP contribution in [-0.4, -0.2) is 17.3 Å². The van der Waals surface area contributed by atoms with Crippen LogP contribution in [0.4, 0.5) is 5.69 Å².